The highest BCUT2D eigenvalue weighted by Gasteiger charge is 2.29. The number of nitrogens with zero attached hydrogens (tertiary/aromatic N) is 2. The Morgan fingerprint density at radius 2 is 2.29 bits per heavy atom. The lowest BCUT2D eigenvalue weighted by molar-refractivity contribution is -0.160. The quantitative estimate of drug-likeness (QED) is 0.883. The molecular formula is C9H12F3N3O2. The minimum Gasteiger partial charge on any atom is -0.440 e. The predicted molar refractivity (Wildman–Crippen MR) is 52.2 cm³/mol. The van der Waals surface area contributed by atoms with Crippen molar-refractivity contribution in [1.29, 1.82) is 0 Å². The average molecular weight is 251 g/mol. The maximum absolute atomic E-state index is 11.7. The fourth-order valence-electron chi connectivity index (χ4n) is 1.12. The number of hydrogen-bond acceptors (Lipinski definition) is 3. The van der Waals surface area contributed by atoms with Crippen LogP contribution < -0.4 is 5.32 Å². The van der Waals surface area contributed by atoms with Crippen LogP contribution in [0.1, 0.15) is 6.92 Å². The third-order valence-electron chi connectivity index (χ3n) is 1.75. The molecule has 1 rings (SSSR count). The van der Waals surface area contributed by atoms with E-state index in [9.17, 15) is 18.0 Å². The fraction of sp³-hybridized carbons (Fsp3) is 0.556. The second-order valence-electron chi connectivity index (χ2n) is 3.46. The van der Waals surface area contributed by atoms with Gasteiger partial charge >= 0.3 is 12.3 Å². The van der Waals surface area contributed by atoms with Crippen LogP contribution in [0.15, 0.2) is 18.5 Å². The third-order valence-corrected chi connectivity index (χ3v) is 1.75. The lowest BCUT2D eigenvalue weighted by Crippen LogP contribution is -2.37. The number of ether oxygens (including phenoxy) is 1. The van der Waals surface area contributed by atoms with Gasteiger partial charge < -0.3 is 10.1 Å². The highest BCUT2D eigenvalue weighted by atomic mass is 19.4. The summed E-state index contributed by atoms with van der Waals surface area (Å²) in [5.74, 6) is 0. The molecule has 5 nitrogen and oxygen atoms in total. The van der Waals surface area contributed by atoms with E-state index in [2.05, 4.69) is 15.2 Å². The van der Waals surface area contributed by atoms with E-state index in [1.165, 1.54) is 0 Å². The van der Waals surface area contributed by atoms with E-state index in [4.69, 9.17) is 0 Å². The topological polar surface area (TPSA) is 56.2 Å². The lowest BCUT2D eigenvalue weighted by Gasteiger charge is -2.14. The van der Waals surface area contributed by atoms with E-state index in [0.717, 1.165) is 0 Å². The summed E-state index contributed by atoms with van der Waals surface area (Å²) < 4.78 is 40.8. The first-order valence-electron chi connectivity index (χ1n) is 4.84. The predicted octanol–water partition coefficient (Wildman–Crippen LogP) is 1.56. The Morgan fingerprint density at radius 1 is 1.59 bits per heavy atom. The lowest BCUT2D eigenvalue weighted by atomic mass is 10.3. The summed E-state index contributed by atoms with van der Waals surface area (Å²) in [7, 11) is 0. The summed E-state index contributed by atoms with van der Waals surface area (Å²) in [5.41, 5.74) is 0. The molecule has 1 heterocycles. The second kappa shape index (κ2) is 5.55. The zero-order valence-electron chi connectivity index (χ0n) is 9.07. The number of rotatable bonds is 4. The van der Waals surface area contributed by atoms with Crippen molar-refractivity contribution in [3.05, 3.63) is 18.5 Å². The molecular weight excluding hydrogens is 239 g/mol. The third kappa shape index (κ3) is 5.79. The van der Waals surface area contributed by atoms with Crippen molar-refractivity contribution >= 4 is 6.09 Å². The number of hydrogen-bond donors (Lipinski definition) is 1. The molecule has 0 spiro atoms. The van der Waals surface area contributed by atoms with Crippen LogP contribution in [0.25, 0.3) is 0 Å². The van der Waals surface area contributed by atoms with E-state index < -0.39 is 18.9 Å². The van der Waals surface area contributed by atoms with Crippen LogP contribution in [0.3, 0.4) is 0 Å². The molecule has 0 saturated carbocycles. The van der Waals surface area contributed by atoms with Gasteiger partial charge in [-0.1, -0.05) is 0 Å². The summed E-state index contributed by atoms with van der Waals surface area (Å²) in [4.78, 5) is 11.0. The van der Waals surface area contributed by atoms with E-state index in [0.29, 0.717) is 6.54 Å². The average Bonchev–Trinajstić information content (AvgIpc) is 2.66. The SMILES string of the molecule is CC(Cn1cccn1)NC(=O)OCC(F)(F)F. The molecule has 1 unspecified atom stereocenters. The molecule has 96 valence electrons. The van der Waals surface area contributed by atoms with Crippen molar-refractivity contribution in [3.63, 3.8) is 0 Å². The van der Waals surface area contributed by atoms with Gasteiger partial charge in [0.2, 0.25) is 0 Å². The van der Waals surface area contributed by atoms with Crippen molar-refractivity contribution in [1.82, 2.24) is 15.1 Å². The van der Waals surface area contributed by atoms with Crippen molar-refractivity contribution < 1.29 is 22.7 Å². The number of aromatic nitrogens is 2. The standard InChI is InChI=1S/C9H12F3N3O2/c1-7(5-15-4-2-3-13-15)14-8(16)17-6-9(10,11)12/h2-4,7H,5-6H2,1H3,(H,14,16). The summed E-state index contributed by atoms with van der Waals surface area (Å²) in [6, 6.07) is 1.32. The maximum atomic E-state index is 11.7. The van der Waals surface area contributed by atoms with Gasteiger partial charge in [-0.05, 0) is 13.0 Å². The highest BCUT2D eigenvalue weighted by Crippen LogP contribution is 2.14. The first kappa shape index (κ1) is 13.3. The van der Waals surface area contributed by atoms with Gasteiger partial charge in [-0.25, -0.2) is 4.79 Å². The molecule has 0 bridgehead atoms. The Labute approximate surface area is 95.5 Å². The van der Waals surface area contributed by atoms with Crippen molar-refractivity contribution in [2.45, 2.75) is 25.7 Å². The van der Waals surface area contributed by atoms with Crippen LogP contribution in [0.2, 0.25) is 0 Å². The molecule has 0 aromatic carbocycles. The zero-order chi connectivity index (χ0) is 12.9. The van der Waals surface area contributed by atoms with Gasteiger partial charge in [0.05, 0.1) is 6.54 Å². The van der Waals surface area contributed by atoms with Gasteiger partial charge in [-0.3, -0.25) is 4.68 Å². The number of alkyl halides is 3. The fourth-order valence-corrected chi connectivity index (χ4v) is 1.12. The van der Waals surface area contributed by atoms with Gasteiger partial charge in [0.1, 0.15) is 0 Å². The van der Waals surface area contributed by atoms with Gasteiger partial charge in [-0.2, -0.15) is 18.3 Å². The number of alkyl carbamates (subject to hydrolysis) is 1. The van der Waals surface area contributed by atoms with Gasteiger partial charge in [0, 0.05) is 18.4 Å². The molecule has 1 amide bonds. The van der Waals surface area contributed by atoms with Gasteiger partial charge in [0.25, 0.3) is 0 Å². The van der Waals surface area contributed by atoms with E-state index in [-0.39, 0.29) is 6.04 Å². The van der Waals surface area contributed by atoms with Crippen molar-refractivity contribution in [2.24, 2.45) is 0 Å². The molecule has 17 heavy (non-hydrogen) atoms. The van der Waals surface area contributed by atoms with Gasteiger partial charge in [0.15, 0.2) is 6.61 Å². The minimum atomic E-state index is -4.51. The molecule has 0 radical (unpaired) electrons. The normalized spacial score (nSPS) is 13.2. The maximum Gasteiger partial charge on any atom is 0.422 e. The Morgan fingerprint density at radius 3 is 2.82 bits per heavy atom. The Hall–Kier alpha value is -1.73. The van der Waals surface area contributed by atoms with Crippen molar-refractivity contribution in [3.8, 4) is 0 Å². The monoisotopic (exact) mass is 251 g/mol. The van der Waals surface area contributed by atoms with Crippen LogP contribution >= 0.6 is 0 Å². The van der Waals surface area contributed by atoms with Crippen LogP contribution in [0, 0.1) is 0 Å². The molecule has 0 saturated heterocycles. The largest absolute Gasteiger partial charge is 0.440 e. The van der Waals surface area contributed by atoms with Crippen LogP contribution in [0.4, 0.5) is 18.0 Å². The first-order valence-corrected chi connectivity index (χ1v) is 4.84. The molecule has 0 aliphatic rings. The Kier molecular flexibility index (Phi) is 4.36. The zero-order valence-corrected chi connectivity index (χ0v) is 9.07. The summed E-state index contributed by atoms with van der Waals surface area (Å²) in [5, 5.41) is 6.16. The van der Waals surface area contributed by atoms with Crippen LogP contribution in [0.5, 0.6) is 0 Å². The van der Waals surface area contributed by atoms with E-state index >= 15 is 0 Å². The number of halogens is 3. The summed E-state index contributed by atoms with van der Waals surface area (Å²) >= 11 is 0. The summed E-state index contributed by atoms with van der Waals surface area (Å²) in [6.07, 6.45) is -2.36. The minimum absolute atomic E-state index is 0.355. The molecule has 1 N–H and O–H groups in total. The smallest absolute Gasteiger partial charge is 0.422 e. The molecule has 8 heteroatoms. The highest BCUT2D eigenvalue weighted by molar-refractivity contribution is 5.67. The molecule has 0 fully saturated rings. The van der Waals surface area contributed by atoms with Gasteiger partial charge in [-0.15, -0.1) is 0 Å². The van der Waals surface area contributed by atoms with Crippen molar-refractivity contribution in [2.75, 3.05) is 6.61 Å². The molecule has 1 aromatic rings. The number of carbonyl (C=O) groups is 1. The Bertz CT molecular complexity index is 351. The second-order valence-corrected chi connectivity index (χ2v) is 3.46. The molecule has 1 atom stereocenters. The van der Waals surface area contributed by atoms with Crippen LogP contribution in [-0.4, -0.2) is 34.7 Å². The first-order chi connectivity index (χ1) is 7.87. The molecule has 1 aromatic heterocycles. The molecule has 0 aliphatic carbocycles. The van der Waals surface area contributed by atoms with E-state index in [1.807, 2.05) is 0 Å². The number of amides is 1. The number of carbonyl (C=O) groups excluding carboxylic acids is 1. The molecule has 0 aliphatic heterocycles. The summed E-state index contributed by atoms with van der Waals surface area (Å²) in [6.45, 7) is 0.401. The Balaban J connectivity index is 2.26. The van der Waals surface area contributed by atoms with Crippen LogP contribution in [-0.2, 0) is 11.3 Å². The van der Waals surface area contributed by atoms with E-state index in [1.54, 1.807) is 30.1 Å². The number of nitrogens with one attached hydrogen (secondary N) is 1.